The minimum absolute atomic E-state index is 0.326. The normalized spacial score (nSPS) is 40.2. The largest absolute Gasteiger partial charge is 0.359 e. The summed E-state index contributed by atoms with van der Waals surface area (Å²) >= 11 is 6.62. The van der Waals surface area contributed by atoms with E-state index in [0.29, 0.717) is 24.2 Å². The number of ether oxygens (including phenoxy) is 2. The van der Waals surface area contributed by atoms with Gasteiger partial charge in [-0.25, -0.2) is 0 Å². The molecule has 0 aromatic rings. The van der Waals surface area contributed by atoms with Gasteiger partial charge in [-0.3, -0.25) is 0 Å². The first-order valence-electron chi connectivity index (χ1n) is 13.8. The molecule has 2 fully saturated rings. The van der Waals surface area contributed by atoms with Crippen molar-refractivity contribution in [3.8, 4) is 0 Å². The Hall–Kier alpha value is -0.0500. The lowest BCUT2D eigenvalue weighted by Crippen LogP contribution is -2.47. The molecule has 1 unspecified atom stereocenters. The van der Waals surface area contributed by atoms with Crippen molar-refractivity contribution in [3.63, 3.8) is 0 Å². The summed E-state index contributed by atoms with van der Waals surface area (Å²) in [7, 11) is 1.72. The van der Waals surface area contributed by atoms with Crippen molar-refractivity contribution in [2.75, 3.05) is 19.8 Å². The SMILES string of the molecule is COCO[C@H]1CCC2=C(C1)C(CCl)C[C@@H]1[C@@H]2CC[C@]2(C)[C@@H]([C@H](C)CCCC(C)C)CC[C@@H]12. The first-order valence-corrected chi connectivity index (χ1v) is 14.3. The molecule has 0 radical (unpaired) electrons. The van der Waals surface area contributed by atoms with Crippen molar-refractivity contribution in [2.24, 2.45) is 46.8 Å². The van der Waals surface area contributed by atoms with Crippen LogP contribution in [-0.4, -0.2) is 25.9 Å². The lowest BCUT2D eigenvalue weighted by molar-refractivity contribution is -0.0785. The molecule has 0 N–H and O–H groups in total. The summed E-state index contributed by atoms with van der Waals surface area (Å²) in [6.45, 7) is 10.4. The monoisotopic (exact) mass is 464 g/mol. The maximum atomic E-state index is 6.62. The Morgan fingerprint density at radius 3 is 2.59 bits per heavy atom. The average Bonchev–Trinajstić information content (AvgIpc) is 3.14. The zero-order valence-electron chi connectivity index (χ0n) is 21.5. The second-order valence-corrected chi connectivity index (χ2v) is 12.8. The van der Waals surface area contributed by atoms with E-state index < -0.39 is 0 Å². The molecule has 0 amide bonds. The van der Waals surface area contributed by atoms with Crippen LogP contribution in [0.25, 0.3) is 0 Å². The van der Waals surface area contributed by atoms with Crippen LogP contribution in [0.2, 0.25) is 0 Å². The Balaban J connectivity index is 1.48. The molecule has 0 aromatic heterocycles. The molecule has 8 atom stereocenters. The zero-order valence-corrected chi connectivity index (χ0v) is 22.3. The molecule has 184 valence electrons. The minimum atomic E-state index is 0.326. The zero-order chi connectivity index (χ0) is 22.9. The average molecular weight is 465 g/mol. The van der Waals surface area contributed by atoms with Gasteiger partial charge in [0.2, 0.25) is 0 Å². The molecule has 4 aliphatic carbocycles. The Morgan fingerprint density at radius 2 is 1.88 bits per heavy atom. The van der Waals surface area contributed by atoms with Gasteiger partial charge in [0.15, 0.2) is 0 Å². The van der Waals surface area contributed by atoms with Gasteiger partial charge in [0, 0.05) is 13.0 Å². The topological polar surface area (TPSA) is 18.5 Å². The third-order valence-corrected chi connectivity index (χ3v) is 10.7. The second kappa shape index (κ2) is 10.7. The number of hydrogen-bond donors (Lipinski definition) is 0. The van der Waals surface area contributed by atoms with Crippen LogP contribution in [0.3, 0.4) is 0 Å². The van der Waals surface area contributed by atoms with Crippen molar-refractivity contribution >= 4 is 11.6 Å². The maximum absolute atomic E-state index is 6.62. The molecule has 3 heteroatoms. The molecule has 32 heavy (non-hydrogen) atoms. The van der Waals surface area contributed by atoms with Gasteiger partial charge in [0.25, 0.3) is 0 Å². The van der Waals surface area contributed by atoms with Crippen LogP contribution in [0.4, 0.5) is 0 Å². The van der Waals surface area contributed by atoms with Crippen LogP contribution in [0.1, 0.15) is 98.3 Å². The predicted molar refractivity (Wildman–Crippen MR) is 135 cm³/mol. The Kier molecular flexibility index (Phi) is 8.37. The van der Waals surface area contributed by atoms with E-state index in [-0.39, 0.29) is 0 Å². The number of rotatable bonds is 9. The van der Waals surface area contributed by atoms with Crippen LogP contribution in [-0.2, 0) is 9.47 Å². The Morgan fingerprint density at radius 1 is 1.06 bits per heavy atom. The van der Waals surface area contributed by atoms with Gasteiger partial charge in [-0.15, -0.1) is 11.6 Å². The highest BCUT2D eigenvalue weighted by Gasteiger charge is 2.56. The fourth-order valence-corrected chi connectivity index (χ4v) is 9.13. The molecule has 4 aliphatic rings. The van der Waals surface area contributed by atoms with E-state index in [4.69, 9.17) is 21.1 Å². The number of fused-ring (bicyclic) bond motifs is 4. The van der Waals surface area contributed by atoms with E-state index in [9.17, 15) is 0 Å². The molecule has 0 saturated heterocycles. The van der Waals surface area contributed by atoms with Gasteiger partial charge < -0.3 is 9.47 Å². The predicted octanol–water partition coefficient (Wildman–Crippen LogP) is 8.24. The van der Waals surface area contributed by atoms with E-state index in [1.807, 2.05) is 5.57 Å². The van der Waals surface area contributed by atoms with Crippen LogP contribution in [0, 0.1) is 46.8 Å². The first kappa shape index (κ1) is 25.1. The third kappa shape index (κ3) is 4.85. The highest BCUT2D eigenvalue weighted by Crippen LogP contribution is 2.65. The smallest absolute Gasteiger partial charge is 0.146 e. The van der Waals surface area contributed by atoms with Crippen LogP contribution < -0.4 is 0 Å². The van der Waals surface area contributed by atoms with Crippen LogP contribution >= 0.6 is 11.6 Å². The number of allylic oxidation sites excluding steroid dienone is 1. The molecule has 0 aliphatic heterocycles. The molecule has 2 saturated carbocycles. The summed E-state index contributed by atoms with van der Waals surface area (Å²) in [5, 5.41) is 0. The molecular formula is C29H49ClO2. The Labute approximate surface area is 203 Å². The second-order valence-electron chi connectivity index (χ2n) is 12.5. The molecule has 0 aromatic carbocycles. The van der Waals surface area contributed by atoms with Crippen molar-refractivity contribution in [1.29, 1.82) is 0 Å². The fourth-order valence-electron chi connectivity index (χ4n) is 8.81. The lowest BCUT2D eigenvalue weighted by Gasteiger charge is -2.54. The van der Waals surface area contributed by atoms with E-state index in [1.54, 1.807) is 12.7 Å². The van der Waals surface area contributed by atoms with Gasteiger partial charge in [0.05, 0.1) is 6.10 Å². The standard InChI is InChI=1S/C29H49ClO2/c1-19(2)7-6-8-20(3)27-11-12-28-26-15-21(17-30)25-16-22(32-18-31-5)9-10-23(25)24(26)13-14-29(27,28)4/h19-22,24,26-28H,6-18H2,1-5H3/t20-,21?,22+,24-,26-,27-,28+,29-/m1/s1. The highest BCUT2D eigenvalue weighted by atomic mass is 35.5. The summed E-state index contributed by atoms with van der Waals surface area (Å²) in [5.74, 6) is 6.66. The van der Waals surface area contributed by atoms with Crippen LogP contribution in [0.5, 0.6) is 0 Å². The van der Waals surface area contributed by atoms with Gasteiger partial charge in [-0.1, -0.05) is 58.1 Å². The maximum Gasteiger partial charge on any atom is 0.146 e. The van der Waals surface area contributed by atoms with Crippen molar-refractivity contribution < 1.29 is 9.47 Å². The Bertz CT molecular complexity index is 658. The van der Waals surface area contributed by atoms with Gasteiger partial charge in [-0.05, 0) is 98.2 Å². The number of methoxy groups -OCH3 is 1. The summed E-state index contributed by atoms with van der Waals surface area (Å²) in [6, 6.07) is 0. The number of halogens is 1. The summed E-state index contributed by atoms with van der Waals surface area (Å²) in [5.41, 5.74) is 4.07. The fraction of sp³-hybridized carbons (Fsp3) is 0.931. The van der Waals surface area contributed by atoms with Gasteiger partial charge in [0.1, 0.15) is 6.79 Å². The van der Waals surface area contributed by atoms with Gasteiger partial charge in [-0.2, -0.15) is 0 Å². The first-order chi connectivity index (χ1) is 15.4. The highest BCUT2D eigenvalue weighted by molar-refractivity contribution is 6.18. The lowest BCUT2D eigenvalue weighted by atomic mass is 9.51. The van der Waals surface area contributed by atoms with E-state index in [1.165, 1.54) is 57.8 Å². The summed E-state index contributed by atoms with van der Waals surface area (Å²) in [6.07, 6.45) is 15.2. The van der Waals surface area contributed by atoms with E-state index >= 15 is 0 Å². The molecule has 0 bridgehead atoms. The number of alkyl halides is 1. The van der Waals surface area contributed by atoms with Crippen molar-refractivity contribution in [1.82, 2.24) is 0 Å². The molecular weight excluding hydrogens is 416 g/mol. The van der Waals surface area contributed by atoms with Crippen molar-refractivity contribution in [3.05, 3.63) is 11.1 Å². The van der Waals surface area contributed by atoms with Crippen LogP contribution in [0.15, 0.2) is 11.1 Å². The molecule has 0 spiro atoms. The van der Waals surface area contributed by atoms with E-state index in [2.05, 4.69) is 27.7 Å². The van der Waals surface area contributed by atoms with E-state index in [0.717, 1.165) is 54.2 Å². The molecule has 0 heterocycles. The molecule has 4 rings (SSSR count). The van der Waals surface area contributed by atoms with Gasteiger partial charge >= 0.3 is 0 Å². The van der Waals surface area contributed by atoms with Crippen molar-refractivity contribution in [2.45, 2.75) is 104 Å². The summed E-state index contributed by atoms with van der Waals surface area (Å²) < 4.78 is 11.2. The molecule has 2 nitrogen and oxygen atoms in total. The third-order valence-electron chi connectivity index (χ3n) is 10.3. The number of hydrogen-bond acceptors (Lipinski definition) is 2. The quantitative estimate of drug-likeness (QED) is 0.194. The minimum Gasteiger partial charge on any atom is -0.359 e. The summed E-state index contributed by atoms with van der Waals surface area (Å²) in [4.78, 5) is 0.